The van der Waals surface area contributed by atoms with Crippen LogP contribution in [0.3, 0.4) is 0 Å². The lowest BCUT2D eigenvalue weighted by Crippen LogP contribution is -2.41. The van der Waals surface area contributed by atoms with Gasteiger partial charge in [-0.25, -0.2) is 0 Å². The summed E-state index contributed by atoms with van der Waals surface area (Å²) < 4.78 is 0. The number of hydrogen-bond donors (Lipinski definition) is 1. The third-order valence-corrected chi connectivity index (χ3v) is 3.33. The van der Waals surface area contributed by atoms with Gasteiger partial charge in [0.05, 0.1) is 0 Å². The summed E-state index contributed by atoms with van der Waals surface area (Å²) in [5.41, 5.74) is 7.20. The van der Waals surface area contributed by atoms with E-state index in [0.717, 1.165) is 26.1 Å². The molecule has 2 nitrogen and oxygen atoms in total. The van der Waals surface area contributed by atoms with Crippen LogP contribution in [0.15, 0.2) is 36.4 Å². The Balaban J connectivity index is 2.53. The topological polar surface area (TPSA) is 29.3 Å². The van der Waals surface area contributed by atoms with E-state index in [9.17, 15) is 0 Å². The number of hydrogen-bond acceptors (Lipinski definition) is 2. The number of benzene rings is 1. The number of nitrogens with zero attached hydrogens (tertiary/aromatic N) is 1. The normalized spacial score (nSPS) is 13.3. The molecule has 0 aliphatic heterocycles. The first-order chi connectivity index (χ1) is 9.31. The van der Waals surface area contributed by atoms with Gasteiger partial charge in [-0.1, -0.05) is 56.3 Å². The van der Waals surface area contributed by atoms with E-state index < -0.39 is 0 Å². The van der Waals surface area contributed by atoms with E-state index in [1.165, 1.54) is 18.4 Å². The van der Waals surface area contributed by atoms with Gasteiger partial charge in [-0.15, -0.1) is 0 Å². The van der Waals surface area contributed by atoms with Gasteiger partial charge in [0.2, 0.25) is 0 Å². The Bertz CT molecular complexity index is 340. The van der Waals surface area contributed by atoms with E-state index >= 15 is 0 Å². The highest BCUT2D eigenvalue weighted by Gasteiger charge is 2.13. The van der Waals surface area contributed by atoms with E-state index in [4.69, 9.17) is 5.73 Å². The standard InChI is InChI=1S/C17H28N2/c1-3-13-19(14-4-2)17(15-18)12-8-11-16-9-6-5-7-10-16/h5-11,17H,3-4,12-15,18H2,1-2H3/b11-8-. The van der Waals surface area contributed by atoms with Crippen LogP contribution in [0.2, 0.25) is 0 Å². The molecule has 0 bridgehead atoms. The summed E-state index contributed by atoms with van der Waals surface area (Å²) in [7, 11) is 0. The maximum atomic E-state index is 5.94. The molecule has 0 amide bonds. The average Bonchev–Trinajstić information content (AvgIpc) is 2.45. The Kier molecular flexibility index (Phi) is 8.19. The minimum atomic E-state index is 0.472. The highest BCUT2D eigenvalue weighted by Crippen LogP contribution is 2.09. The Morgan fingerprint density at radius 1 is 1.11 bits per heavy atom. The molecular weight excluding hydrogens is 232 g/mol. The van der Waals surface area contributed by atoms with Gasteiger partial charge >= 0.3 is 0 Å². The summed E-state index contributed by atoms with van der Waals surface area (Å²) in [6, 6.07) is 10.9. The number of nitrogens with two attached hydrogens (primary N) is 1. The van der Waals surface area contributed by atoms with Gasteiger partial charge in [0.1, 0.15) is 0 Å². The first-order valence-electron chi connectivity index (χ1n) is 7.47. The molecule has 1 unspecified atom stereocenters. The minimum Gasteiger partial charge on any atom is -0.329 e. The van der Waals surface area contributed by atoms with E-state index in [-0.39, 0.29) is 0 Å². The molecule has 1 rings (SSSR count). The zero-order valence-corrected chi connectivity index (χ0v) is 12.4. The van der Waals surface area contributed by atoms with Crippen molar-refractivity contribution in [1.29, 1.82) is 0 Å². The lowest BCUT2D eigenvalue weighted by molar-refractivity contribution is 0.201. The molecule has 106 valence electrons. The summed E-state index contributed by atoms with van der Waals surface area (Å²) in [5.74, 6) is 0. The number of rotatable bonds is 9. The van der Waals surface area contributed by atoms with Gasteiger partial charge in [0.15, 0.2) is 0 Å². The second-order valence-electron chi connectivity index (χ2n) is 4.97. The van der Waals surface area contributed by atoms with Crippen molar-refractivity contribution < 1.29 is 0 Å². The van der Waals surface area contributed by atoms with Crippen molar-refractivity contribution in [1.82, 2.24) is 4.90 Å². The fourth-order valence-corrected chi connectivity index (χ4v) is 2.37. The van der Waals surface area contributed by atoms with Gasteiger partial charge in [0, 0.05) is 12.6 Å². The van der Waals surface area contributed by atoms with Crippen LogP contribution in [-0.2, 0) is 0 Å². The Hall–Kier alpha value is -1.12. The molecule has 19 heavy (non-hydrogen) atoms. The van der Waals surface area contributed by atoms with Crippen molar-refractivity contribution in [2.24, 2.45) is 5.73 Å². The second kappa shape index (κ2) is 9.76. The molecule has 0 aliphatic rings. The largest absolute Gasteiger partial charge is 0.329 e. The minimum absolute atomic E-state index is 0.472. The second-order valence-corrected chi connectivity index (χ2v) is 4.97. The van der Waals surface area contributed by atoms with Crippen LogP contribution in [0.5, 0.6) is 0 Å². The first-order valence-corrected chi connectivity index (χ1v) is 7.47. The van der Waals surface area contributed by atoms with Crippen molar-refractivity contribution in [3.05, 3.63) is 42.0 Å². The van der Waals surface area contributed by atoms with Gasteiger partial charge in [-0.05, 0) is 37.9 Å². The third-order valence-electron chi connectivity index (χ3n) is 3.33. The van der Waals surface area contributed by atoms with Crippen LogP contribution < -0.4 is 5.73 Å². The zero-order valence-electron chi connectivity index (χ0n) is 12.4. The molecule has 0 saturated heterocycles. The first kappa shape index (κ1) is 15.9. The SMILES string of the molecule is CCCN(CCC)C(CN)C/C=C\c1ccccc1. The lowest BCUT2D eigenvalue weighted by Gasteiger charge is -2.29. The highest BCUT2D eigenvalue weighted by atomic mass is 15.2. The van der Waals surface area contributed by atoms with Crippen LogP contribution in [-0.4, -0.2) is 30.6 Å². The molecule has 0 fully saturated rings. The summed E-state index contributed by atoms with van der Waals surface area (Å²) >= 11 is 0. The van der Waals surface area contributed by atoms with Crippen LogP contribution in [0.1, 0.15) is 38.7 Å². The fourth-order valence-electron chi connectivity index (χ4n) is 2.37. The predicted octanol–water partition coefficient (Wildman–Crippen LogP) is 3.54. The molecule has 0 radical (unpaired) electrons. The Labute approximate surface area is 118 Å². The zero-order chi connectivity index (χ0) is 13.9. The molecule has 0 aromatic heterocycles. The Morgan fingerprint density at radius 3 is 2.26 bits per heavy atom. The van der Waals surface area contributed by atoms with Gasteiger partial charge in [-0.2, -0.15) is 0 Å². The third kappa shape index (κ3) is 6.04. The van der Waals surface area contributed by atoms with Crippen molar-refractivity contribution in [3.8, 4) is 0 Å². The predicted molar refractivity (Wildman–Crippen MR) is 85.1 cm³/mol. The maximum absolute atomic E-state index is 5.94. The summed E-state index contributed by atoms with van der Waals surface area (Å²) in [6.07, 6.45) is 7.87. The van der Waals surface area contributed by atoms with Crippen LogP contribution >= 0.6 is 0 Å². The summed E-state index contributed by atoms with van der Waals surface area (Å²) in [6.45, 7) is 7.50. The van der Waals surface area contributed by atoms with Crippen molar-refractivity contribution in [2.75, 3.05) is 19.6 Å². The monoisotopic (exact) mass is 260 g/mol. The Morgan fingerprint density at radius 2 is 1.74 bits per heavy atom. The van der Waals surface area contributed by atoms with Crippen molar-refractivity contribution in [2.45, 2.75) is 39.2 Å². The van der Waals surface area contributed by atoms with Crippen LogP contribution in [0.25, 0.3) is 6.08 Å². The molecule has 0 heterocycles. The summed E-state index contributed by atoms with van der Waals surface area (Å²) in [4.78, 5) is 2.52. The lowest BCUT2D eigenvalue weighted by atomic mass is 10.1. The maximum Gasteiger partial charge on any atom is 0.0252 e. The van der Waals surface area contributed by atoms with E-state index in [2.05, 4.69) is 55.2 Å². The van der Waals surface area contributed by atoms with Crippen LogP contribution in [0, 0.1) is 0 Å². The van der Waals surface area contributed by atoms with E-state index in [1.54, 1.807) is 0 Å². The molecule has 0 aliphatic carbocycles. The molecule has 2 heteroatoms. The van der Waals surface area contributed by atoms with Gasteiger partial charge in [-0.3, -0.25) is 4.90 Å². The molecule has 1 aromatic carbocycles. The molecule has 0 saturated carbocycles. The molecule has 2 N–H and O–H groups in total. The van der Waals surface area contributed by atoms with Crippen LogP contribution in [0.4, 0.5) is 0 Å². The van der Waals surface area contributed by atoms with Crippen molar-refractivity contribution in [3.63, 3.8) is 0 Å². The molecule has 0 spiro atoms. The van der Waals surface area contributed by atoms with E-state index in [1.807, 2.05) is 6.07 Å². The van der Waals surface area contributed by atoms with Crippen molar-refractivity contribution >= 4 is 6.08 Å². The van der Waals surface area contributed by atoms with Gasteiger partial charge < -0.3 is 5.73 Å². The summed E-state index contributed by atoms with van der Waals surface area (Å²) in [5, 5.41) is 0. The fraction of sp³-hybridized carbons (Fsp3) is 0.529. The quantitative estimate of drug-likeness (QED) is 0.736. The highest BCUT2D eigenvalue weighted by molar-refractivity contribution is 5.48. The molecule has 1 atom stereocenters. The van der Waals surface area contributed by atoms with Gasteiger partial charge in [0.25, 0.3) is 0 Å². The smallest absolute Gasteiger partial charge is 0.0252 e. The molecular formula is C17H28N2. The molecule has 1 aromatic rings. The average molecular weight is 260 g/mol. The van der Waals surface area contributed by atoms with E-state index in [0.29, 0.717) is 6.04 Å².